The van der Waals surface area contributed by atoms with Crippen molar-refractivity contribution < 1.29 is 9.53 Å². The number of aryl methyl sites for hydroxylation is 1. The molecule has 0 bridgehead atoms. The molecular weight excluding hydrogens is 312 g/mol. The van der Waals surface area contributed by atoms with Gasteiger partial charge in [0, 0.05) is 32.7 Å². The van der Waals surface area contributed by atoms with Crippen LogP contribution in [-0.4, -0.2) is 69.0 Å². The van der Waals surface area contributed by atoms with Crippen LogP contribution in [0.4, 0.5) is 0 Å². The monoisotopic (exact) mass is 334 g/mol. The van der Waals surface area contributed by atoms with Crippen molar-refractivity contribution >= 4 is 16.9 Å². The molecule has 1 saturated heterocycles. The normalized spacial score (nSPS) is 17.1. The summed E-state index contributed by atoms with van der Waals surface area (Å²) in [7, 11) is 1.72. The Kier molecular flexibility index (Phi) is 4.91. The van der Waals surface area contributed by atoms with E-state index in [1.807, 2.05) is 6.92 Å². The number of nitrogens with zero attached hydrogens (tertiary/aromatic N) is 5. The number of fused-ring (bicyclic) bond motifs is 1. The summed E-state index contributed by atoms with van der Waals surface area (Å²) in [5, 5.41) is 7.35. The summed E-state index contributed by atoms with van der Waals surface area (Å²) < 4.78 is 8.15. The van der Waals surface area contributed by atoms with Crippen molar-refractivity contribution in [2.45, 2.75) is 19.5 Å². The van der Waals surface area contributed by atoms with E-state index in [0.29, 0.717) is 11.0 Å². The van der Waals surface area contributed by atoms with E-state index in [4.69, 9.17) is 4.74 Å². The fraction of sp³-hybridized carbons (Fsp3) is 0.600. The minimum atomic E-state index is -0.260. The molecule has 1 aliphatic heterocycles. The fourth-order valence-electron chi connectivity index (χ4n) is 2.87. The van der Waals surface area contributed by atoms with Crippen molar-refractivity contribution in [2.24, 2.45) is 7.05 Å². The topological polar surface area (TPSA) is 94.3 Å². The zero-order valence-corrected chi connectivity index (χ0v) is 13.9. The SMILES string of the molecule is CC(CN1CCOCC1)NC(=O)Cn1cnc2c(cnn2C)c1=O. The quantitative estimate of drug-likeness (QED) is 0.751. The van der Waals surface area contributed by atoms with Crippen molar-refractivity contribution in [3.8, 4) is 0 Å². The van der Waals surface area contributed by atoms with E-state index in [1.165, 1.54) is 21.8 Å². The first-order chi connectivity index (χ1) is 11.5. The van der Waals surface area contributed by atoms with Crippen molar-refractivity contribution in [2.75, 3.05) is 32.8 Å². The molecule has 2 aromatic heterocycles. The van der Waals surface area contributed by atoms with Crippen LogP contribution in [0.1, 0.15) is 6.92 Å². The Labute approximate surface area is 139 Å². The highest BCUT2D eigenvalue weighted by Gasteiger charge is 2.16. The lowest BCUT2D eigenvalue weighted by molar-refractivity contribution is -0.122. The van der Waals surface area contributed by atoms with Crippen LogP contribution in [0, 0.1) is 0 Å². The lowest BCUT2D eigenvalue weighted by Crippen LogP contribution is -2.47. The Morgan fingerprint density at radius 2 is 2.17 bits per heavy atom. The average molecular weight is 334 g/mol. The van der Waals surface area contributed by atoms with Crippen LogP contribution in [0.3, 0.4) is 0 Å². The first kappa shape index (κ1) is 16.6. The predicted octanol–water partition coefficient (Wildman–Crippen LogP) is -1.03. The fourth-order valence-corrected chi connectivity index (χ4v) is 2.87. The number of amides is 1. The predicted molar refractivity (Wildman–Crippen MR) is 87.6 cm³/mol. The molecule has 0 saturated carbocycles. The molecule has 2 aromatic rings. The molecule has 3 heterocycles. The van der Waals surface area contributed by atoms with Gasteiger partial charge >= 0.3 is 0 Å². The van der Waals surface area contributed by atoms with E-state index >= 15 is 0 Å². The number of nitrogens with one attached hydrogen (secondary N) is 1. The maximum atomic E-state index is 12.3. The minimum absolute atomic E-state index is 0.00128. The number of rotatable bonds is 5. The van der Waals surface area contributed by atoms with Gasteiger partial charge in [-0.25, -0.2) is 4.98 Å². The van der Waals surface area contributed by atoms with Gasteiger partial charge in [-0.1, -0.05) is 0 Å². The largest absolute Gasteiger partial charge is 0.379 e. The zero-order chi connectivity index (χ0) is 17.1. The molecule has 0 aliphatic carbocycles. The molecule has 1 fully saturated rings. The van der Waals surface area contributed by atoms with E-state index in [-0.39, 0.29) is 24.1 Å². The second kappa shape index (κ2) is 7.10. The summed E-state index contributed by atoms with van der Waals surface area (Å²) >= 11 is 0. The number of morpholine rings is 1. The van der Waals surface area contributed by atoms with Crippen LogP contribution >= 0.6 is 0 Å². The van der Waals surface area contributed by atoms with Crippen LogP contribution in [0.15, 0.2) is 17.3 Å². The van der Waals surface area contributed by atoms with Crippen LogP contribution in [0.25, 0.3) is 11.0 Å². The van der Waals surface area contributed by atoms with Crippen molar-refractivity contribution in [1.82, 2.24) is 29.5 Å². The van der Waals surface area contributed by atoms with Gasteiger partial charge in [-0.05, 0) is 6.92 Å². The molecule has 9 nitrogen and oxygen atoms in total. The molecule has 1 amide bonds. The van der Waals surface area contributed by atoms with E-state index < -0.39 is 0 Å². The van der Waals surface area contributed by atoms with Gasteiger partial charge in [-0.2, -0.15) is 5.10 Å². The Balaban J connectivity index is 1.60. The molecule has 3 rings (SSSR count). The molecule has 0 spiro atoms. The Morgan fingerprint density at radius 1 is 1.42 bits per heavy atom. The van der Waals surface area contributed by atoms with Gasteiger partial charge in [0.05, 0.1) is 19.4 Å². The van der Waals surface area contributed by atoms with Gasteiger partial charge in [-0.3, -0.25) is 23.7 Å². The number of carbonyl (C=O) groups is 1. The van der Waals surface area contributed by atoms with E-state index in [2.05, 4.69) is 20.3 Å². The first-order valence-electron chi connectivity index (χ1n) is 8.01. The average Bonchev–Trinajstić information content (AvgIpc) is 2.93. The van der Waals surface area contributed by atoms with E-state index in [1.54, 1.807) is 7.05 Å². The third kappa shape index (κ3) is 3.62. The van der Waals surface area contributed by atoms with E-state index in [9.17, 15) is 9.59 Å². The summed E-state index contributed by atoms with van der Waals surface area (Å²) in [5.41, 5.74) is 0.251. The summed E-state index contributed by atoms with van der Waals surface area (Å²) in [4.78, 5) is 31.0. The molecule has 1 atom stereocenters. The first-order valence-corrected chi connectivity index (χ1v) is 8.01. The lowest BCUT2D eigenvalue weighted by atomic mass is 10.3. The molecule has 24 heavy (non-hydrogen) atoms. The van der Waals surface area contributed by atoms with Crippen molar-refractivity contribution in [3.05, 3.63) is 22.9 Å². The number of aromatic nitrogens is 4. The van der Waals surface area contributed by atoms with Crippen LogP contribution in [-0.2, 0) is 23.1 Å². The van der Waals surface area contributed by atoms with Gasteiger partial charge in [0.1, 0.15) is 18.3 Å². The van der Waals surface area contributed by atoms with Crippen LogP contribution in [0.2, 0.25) is 0 Å². The standard InChI is InChI=1S/C15H22N6O3/c1-11(8-20-3-5-24-6-4-20)18-13(22)9-21-10-16-14-12(15(21)23)7-17-19(14)2/h7,10-11H,3-6,8-9H2,1-2H3,(H,18,22). The number of hydrogen-bond acceptors (Lipinski definition) is 6. The maximum Gasteiger partial charge on any atom is 0.264 e. The van der Waals surface area contributed by atoms with Crippen molar-refractivity contribution in [3.63, 3.8) is 0 Å². The summed E-state index contributed by atoms with van der Waals surface area (Å²) in [5.74, 6) is -0.206. The molecule has 1 aliphatic rings. The zero-order valence-electron chi connectivity index (χ0n) is 13.9. The summed E-state index contributed by atoms with van der Waals surface area (Å²) in [6.45, 7) is 5.88. The van der Waals surface area contributed by atoms with Crippen LogP contribution < -0.4 is 10.9 Å². The molecule has 1 unspecified atom stereocenters. The Hall–Kier alpha value is -2.26. The van der Waals surface area contributed by atoms with Gasteiger partial charge in [0.15, 0.2) is 5.65 Å². The molecule has 0 aromatic carbocycles. The molecule has 9 heteroatoms. The van der Waals surface area contributed by atoms with Crippen LogP contribution in [0.5, 0.6) is 0 Å². The maximum absolute atomic E-state index is 12.3. The second-order valence-electron chi connectivity index (χ2n) is 6.06. The highest BCUT2D eigenvalue weighted by Crippen LogP contribution is 2.03. The molecule has 130 valence electrons. The molecular formula is C15H22N6O3. The van der Waals surface area contributed by atoms with E-state index in [0.717, 1.165) is 32.8 Å². The van der Waals surface area contributed by atoms with Gasteiger partial charge in [-0.15, -0.1) is 0 Å². The van der Waals surface area contributed by atoms with Crippen molar-refractivity contribution in [1.29, 1.82) is 0 Å². The molecule has 0 radical (unpaired) electrons. The minimum Gasteiger partial charge on any atom is -0.379 e. The molecule has 1 N–H and O–H groups in total. The number of carbonyl (C=O) groups excluding carboxylic acids is 1. The Bertz CT molecular complexity index is 777. The van der Waals surface area contributed by atoms with Gasteiger partial charge in [0.25, 0.3) is 5.56 Å². The summed E-state index contributed by atoms with van der Waals surface area (Å²) in [6.07, 6.45) is 2.86. The highest BCUT2D eigenvalue weighted by atomic mass is 16.5. The number of ether oxygens (including phenoxy) is 1. The third-order valence-corrected chi connectivity index (χ3v) is 4.08. The van der Waals surface area contributed by atoms with Gasteiger partial charge < -0.3 is 10.1 Å². The lowest BCUT2D eigenvalue weighted by Gasteiger charge is -2.29. The number of hydrogen-bond donors (Lipinski definition) is 1. The third-order valence-electron chi connectivity index (χ3n) is 4.08. The highest BCUT2D eigenvalue weighted by molar-refractivity contribution is 5.77. The Morgan fingerprint density at radius 3 is 2.92 bits per heavy atom. The summed E-state index contributed by atoms with van der Waals surface area (Å²) in [6, 6.07) is 0.00128. The van der Waals surface area contributed by atoms with Gasteiger partial charge in [0.2, 0.25) is 5.91 Å². The smallest absolute Gasteiger partial charge is 0.264 e. The second-order valence-corrected chi connectivity index (χ2v) is 6.06.